The number of benzene rings is 1. The molecule has 118 valence electrons. The van der Waals surface area contributed by atoms with E-state index in [4.69, 9.17) is 4.74 Å². The molecular weight excluding hydrogens is 286 g/mol. The van der Waals surface area contributed by atoms with Gasteiger partial charge in [-0.15, -0.1) is 0 Å². The van der Waals surface area contributed by atoms with Crippen LogP contribution in [0.15, 0.2) is 24.3 Å². The smallest absolute Gasteiger partial charge is 0.155 e. The lowest BCUT2D eigenvalue weighted by atomic mass is 9.98. The molecule has 2 atom stereocenters. The molecule has 1 heterocycles. The number of para-hydroxylation sites is 1. The van der Waals surface area contributed by atoms with E-state index in [9.17, 15) is 8.42 Å². The number of ether oxygens (including phenoxy) is 1. The molecule has 21 heavy (non-hydrogen) atoms. The van der Waals surface area contributed by atoms with Crippen molar-refractivity contribution in [1.82, 2.24) is 5.32 Å². The van der Waals surface area contributed by atoms with Gasteiger partial charge in [0.25, 0.3) is 0 Å². The summed E-state index contributed by atoms with van der Waals surface area (Å²) < 4.78 is 30.6. The second-order valence-corrected chi connectivity index (χ2v) is 7.75. The molecular formula is C16H25NO3S. The Labute approximate surface area is 127 Å². The maximum atomic E-state index is 12.5. The van der Waals surface area contributed by atoms with Crippen LogP contribution in [-0.4, -0.2) is 32.6 Å². The first kappa shape index (κ1) is 16.3. The Kier molecular flexibility index (Phi) is 5.65. The molecule has 4 nitrogen and oxygen atoms in total. The summed E-state index contributed by atoms with van der Waals surface area (Å²) >= 11 is 0. The fraction of sp³-hybridized carbons (Fsp3) is 0.625. The van der Waals surface area contributed by atoms with E-state index in [1.165, 1.54) is 0 Å². The van der Waals surface area contributed by atoms with Crippen LogP contribution in [0.3, 0.4) is 0 Å². The topological polar surface area (TPSA) is 55.4 Å². The summed E-state index contributed by atoms with van der Waals surface area (Å²) in [5, 5.41) is 3.01. The Hall–Kier alpha value is -1.07. The van der Waals surface area contributed by atoms with Gasteiger partial charge in [0.2, 0.25) is 0 Å². The molecule has 1 N–H and O–H groups in total. The van der Waals surface area contributed by atoms with Gasteiger partial charge in [0, 0.05) is 5.56 Å². The predicted molar refractivity (Wildman–Crippen MR) is 85.5 cm³/mol. The maximum Gasteiger partial charge on any atom is 0.155 e. The van der Waals surface area contributed by atoms with Gasteiger partial charge in [-0.2, -0.15) is 0 Å². The van der Waals surface area contributed by atoms with E-state index in [0.717, 1.165) is 37.1 Å². The van der Waals surface area contributed by atoms with Gasteiger partial charge in [-0.1, -0.05) is 31.5 Å². The first-order valence-corrected chi connectivity index (χ1v) is 9.48. The fourth-order valence-corrected chi connectivity index (χ4v) is 5.13. The van der Waals surface area contributed by atoms with Crippen LogP contribution in [0.2, 0.25) is 0 Å². The zero-order valence-electron chi connectivity index (χ0n) is 12.8. The first-order chi connectivity index (χ1) is 10.1. The third kappa shape index (κ3) is 3.77. The van der Waals surface area contributed by atoms with E-state index >= 15 is 0 Å². The highest BCUT2D eigenvalue weighted by molar-refractivity contribution is 7.92. The van der Waals surface area contributed by atoms with Crippen LogP contribution < -0.4 is 10.1 Å². The summed E-state index contributed by atoms with van der Waals surface area (Å²) in [7, 11) is -3.04. The second-order valence-electron chi connectivity index (χ2n) is 5.41. The van der Waals surface area contributed by atoms with Crippen LogP contribution in [-0.2, 0) is 9.84 Å². The van der Waals surface area contributed by atoms with Crippen LogP contribution in [0.1, 0.15) is 44.7 Å². The third-order valence-corrected chi connectivity index (χ3v) is 6.27. The molecule has 0 amide bonds. The average molecular weight is 311 g/mol. The Balaban J connectivity index is 2.39. The van der Waals surface area contributed by atoms with Crippen molar-refractivity contribution < 1.29 is 13.2 Å². The fourth-order valence-electron chi connectivity index (χ4n) is 3.04. The quantitative estimate of drug-likeness (QED) is 0.877. The highest BCUT2D eigenvalue weighted by atomic mass is 32.2. The van der Waals surface area contributed by atoms with Gasteiger partial charge in [-0.3, -0.25) is 0 Å². The molecule has 1 aromatic rings. The Morgan fingerprint density at radius 2 is 2.05 bits per heavy atom. The van der Waals surface area contributed by atoms with Crippen molar-refractivity contribution in [3.05, 3.63) is 29.8 Å². The van der Waals surface area contributed by atoms with Gasteiger partial charge in [0.1, 0.15) is 5.75 Å². The molecule has 5 heteroatoms. The minimum Gasteiger partial charge on any atom is -0.494 e. The van der Waals surface area contributed by atoms with E-state index in [2.05, 4.69) is 5.32 Å². The number of rotatable bonds is 6. The summed E-state index contributed by atoms with van der Waals surface area (Å²) in [6.07, 6.45) is 2.48. The molecule has 0 spiro atoms. The molecule has 1 saturated heterocycles. The van der Waals surface area contributed by atoms with Crippen LogP contribution >= 0.6 is 0 Å². The van der Waals surface area contributed by atoms with Gasteiger partial charge < -0.3 is 10.1 Å². The Bertz CT molecular complexity index is 556. The molecule has 1 aromatic carbocycles. The molecule has 0 bridgehead atoms. The molecule has 2 rings (SSSR count). The second kappa shape index (κ2) is 7.27. The standard InChI is InChI=1S/C16H25NO3S/c1-3-17-16(15-11-7-8-12-21(15,18)19)13-9-5-6-10-14(13)20-4-2/h5-6,9-10,15-17H,3-4,7-8,11-12H2,1-2H3. The van der Waals surface area contributed by atoms with Crippen LogP contribution in [0.5, 0.6) is 5.75 Å². The largest absolute Gasteiger partial charge is 0.494 e. The minimum atomic E-state index is -3.04. The van der Waals surface area contributed by atoms with Crippen LogP contribution in [0, 0.1) is 0 Å². The van der Waals surface area contributed by atoms with Crippen molar-refractivity contribution in [2.75, 3.05) is 18.9 Å². The molecule has 0 radical (unpaired) electrons. The number of nitrogens with one attached hydrogen (secondary N) is 1. The number of sulfone groups is 1. The summed E-state index contributed by atoms with van der Waals surface area (Å²) in [4.78, 5) is 0. The van der Waals surface area contributed by atoms with Crippen LogP contribution in [0.25, 0.3) is 0 Å². The highest BCUT2D eigenvalue weighted by Crippen LogP contribution is 2.35. The monoisotopic (exact) mass is 311 g/mol. The SMILES string of the molecule is CCNC(c1ccccc1OCC)C1CCCCS1(=O)=O. The van der Waals surface area contributed by atoms with Gasteiger partial charge in [0.15, 0.2) is 9.84 Å². The van der Waals surface area contributed by atoms with E-state index in [0.29, 0.717) is 12.4 Å². The van der Waals surface area contributed by atoms with Gasteiger partial charge >= 0.3 is 0 Å². The normalized spacial score (nSPS) is 22.7. The Morgan fingerprint density at radius 3 is 2.71 bits per heavy atom. The van der Waals surface area contributed by atoms with E-state index in [1.54, 1.807) is 0 Å². The zero-order chi connectivity index (χ0) is 15.3. The van der Waals surface area contributed by atoms with E-state index < -0.39 is 9.84 Å². The van der Waals surface area contributed by atoms with Gasteiger partial charge in [0.05, 0.1) is 23.7 Å². The molecule has 1 aliphatic rings. The van der Waals surface area contributed by atoms with E-state index in [1.807, 2.05) is 38.1 Å². The summed E-state index contributed by atoms with van der Waals surface area (Å²) in [6.45, 7) is 5.26. The summed E-state index contributed by atoms with van der Waals surface area (Å²) in [5.74, 6) is 1.09. The molecule has 2 unspecified atom stereocenters. The number of hydrogen-bond donors (Lipinski definition) is 1. The lowest BCUT2D eigenvalue weighted by molar-refractivity contribution is 0.329. The van der Waals surface area contributed by atoms with Gasteiger partial charge in [-0.05, 0) is 32.4 Å². The lowest BCUT2D eigenvalue weighted by Gasteiger charge is -2.31. The third-order valence-electron chi connectivity index (χ3n) is 3.98. The predicted octanol–water partition coefficient (Wildman–Crippen LogP) is 2.70. The van der Waals surface area contributed by atoms with Crippen molar-refractivity contribution in [1.29, 1.82) is 0 Å². The number of hydrogen-bond acceptors (Lipinski definition) is 4. The summed E-state index contributed by atoms with van der Waals surface area (Å²) in [5.41, 5.74) is 0.955. The average Bonchev–Trinajstić information content (AvgIpc) is 2.46. The maximum absolute atomic E-state index is 12.5. The molecule has 0 saturated carbocycles. The zero-order valence-corrected chi connectivity index (χ0v) is 13.7. The highest BCUT2D eigenvalue weighted by Gasteiger charge is 2.37. The molecule has 0 aromatic heterocycles. The molecule has 1 fully saturated rings. The van der Waals surface area contributed by atoms with Crippen molar-refractivity contribution in [2.24, 2.45) is 0 Å². The van der Waals surface area contributed by atoms with Gasteiger partial charge in [-0.25, -0.2) is 8.42 Å². The summed E-state index contributed by atoms with van der Waals surface area (Å²) in [6, 6.07) is 7.56. The van der Waals surface area contributed by atoms with Crippen molar-refractivity contribution in [3.8, 4) is 5.75 Å². The first-order valence-electron chi connectivity index (χ1n) is 7.76. The Morgan fingerprint density at radius 1 is 1.29 bits per heavy atom. The molecule has 1 aliphatic heterocycles. The minimum absolute atomic E-state index is 0.192. The van der Waals surface area contributed by atoms with Crippen molar-refractivity contribution >= 4 is 9.84 Å². The van der Waals surface area contributed by atoms with E-state index in [-0.39, 0.29) is 11.3 Å². The molecule has 0 aliphatic carbocycles. The van der Waals surface area contributed by atoms with Crippen molar-refractivity contribution in [3.63, 3.8) is 0 Å². The van der Waals surface area contributed by atoms with Crippen molar-refractivity contribution in [2.45, 2.75) is 44.4 Å². The lowest BCUT2D eigenvalue weighted by Crippen LogP contribution is -2.40. The van der Waals surface area contributed by atoms with Crippen LogP contribution in [0.4, 0.5) is 0 Å².